The van der Waals surface area contributed by atoms with E-state index in [-0.39, 0.29) is 9.79 Å². The second kappa shape index (κ2) is 11.2. The summed E-state index contributed by atoms with van der Waals surface area (Å²) >= 11 is 0. The summed E-state index contributed by atoms with van der Waals surface area (Å²) in [5.41, 5.74) is 4.06. The highest BCUT2D eigenvalue weighted by atomic mass is 32.2. The average molecular weight is 549 g/mol. The molecule has 0 aliphatic rings. The minimum Gasteiger partial charge on any atom is -0.207 e. The van der Waals surface area contributed by atoms with Gasteiger partial charge in [0.25, 0.3) is 0 Å². The summed E-state index contributed by atoms with van der Waals surface area (Å²) in [6, 6.07) is 26.6. The van der Waals surface area contributed by atoms with Gasteiger partial charge in [0, 0.05) is 0 Å². The first-order valence-electron chi connectivity index (χ1n) is 12.3. The highest BCUT2D eigenvalue weighted by Crippen LogP contribution is 2.33. The molecule has 0 unspecified atom stereocenters. The molecule has 8 heteroatoms. The van der Waals surface area contributed by atoms with Crippen molar-refractivity contribution in [1.82, 2.24) is 9.44 Å². The van der Waals surface area contributed by atoms with Crippen molar-refractivity contribution in [2.45, 2.75) is 49.6 Å². The van der Waals surface area contributed by atoms with E-state index < -0.39 is 32.1 Å². The molecule has 0 aliphatic heterocycles. The van der Waals surface area contributed by atoms with Crippen molar-refractivity contribution in [3.63, 3.8) is 0 Å². The summed E-state index contributed by atoms with van der Waals surface area (Å²) in [5.74, 6) is 0. The minimum absolute atomic E-state index is 0.155. The molecule has 0 aliphatic carbocycles. The summed E-state index contributed by atoms with van der Waals surface area (Å²) < 4.78 is 60.8. The second-order valence-electron chi connectivity index (χ2n) is 9.56. The van der Waals surface area contributed by atoms with Crippen molar-refractivity contribution < 1.29 is 16.8 Å². The zero-order chi connectivity index (χ0) is 27.5. The molecule has 2 N–H and O–H groups in total. The van der Waals surface area contributed by atoms with Crippen LogP contribution in [0, 0.1) is 27.7 Å². The number of hydrogen-bond donors (Lipinski definition) is 2. The van der Waals surface area contributed by atoms with E-state index in [1.165, 1.54) is 0 Å². The summed E-state index contributed by atoms with van der Waals surface area (Å²) in [4.78, 5) is 0.310. The molecular formula is C30H32N2O4S2. The van der Waals surface area contributed by atoms with Gasteiger partial charge in [-0.05, 0) is 73.2 Å². The first-order valence-corrected chi connectivity index (χ1v) is 15.2. The maximum absolute atomic E-state index is 13.8. The van der Waals surface area contributed by atoms with Crippen LogP contribution in [-0.4, -0.2) is 16.8 Å². The van der Waals surface area contributed by atoms with E-state index in [0.717, 1.165) is 11.1 Å². The molecule has 4 rings (SSSR count). The molecule has 4 aromatic carbocycles. The second-order valence-corrected chi connectivity index (χ2v) is 12.9. The highest BCUT2D eigenvalue weighted by Gasteiger charge is 2.34. The van der Waals surface area contributed by atoms with Crippen LogP contribution in [-0.2, 0) is 20.0 Å². The van der Waals surface area contributed by atoms with E-state index in [9.17, 15) is 16.8 Å². The van der Waals surface area contributed by atoms with E-state index in [4.69, 9.17) is 0 Å². The number of benzene rings is 4. The molecule has 0 amide bonds. The van der Waals surface area contributed by atoms with Crippen LogP contribution in [0.3, 0.4) is 0 Å². The van der Waals surface area contributed by atoms with Gasteiger partial charge in [-0.2, -0.15) is 0 Å². The minimum atomic E-state index is -4.03. The van der Waals surface area contributed by atoms with Crippen molar-refractivity contribution in [2.24, 2.45) is 0 Å². The van der Waals surface area contributed by atoms with Gasteiger partial charge in [0.2, 0.25) is 20.0 Å². The van der Waals surface area contributed by atoms with Crippen molar-refractivity contribution >= 4 is 20.0 Å². The molecule has 2 atom stereocenters. The van der Waals surface area contributed by atoms with Crippen molar-refractivity contribution in [3.8, 4) is 0 Å². The van der Waals surface area contributed by atoms with E-state index in [1.54, 1.807) is 86.6 Å². The standard InChI is InChI=1S/C30H32N2O4S2/c1-21-15-17-23(3)27(19-21)37(33,34)31-29(25-11-7-5-8-12-25)30(26-13-9-6-10-14-26)32-38(35,36)28-20-22(2)16-18-24(28)4/h5-20,29-32H,1-4H3/t29-,30-/m1/s1. The molecule has 0 bridgehead atoms. The van der Waals surface area contributed by atoms with Crippen molar-refractivity contribution in [3.05, 3.63) is 130 Å². The van der Waals surface area contributed by atoms with E-state index >= 15 is 0 Å². The molecule has 0 radical (unpaired) electrons. The smallest absolute Gasteiger partial charge is 0.207 e. The number of rotatable bonds is 9. The van der Waals surface area contributed by atoms with Gasteiger partial charge in [-0.1, -0.05) is 84.9 Å². The van der Waals surface area contributed by atoms with Crippen molar-refractivity contribution in [2.75, 3.05) is 0 Å². The van der Waals surface area contributed by atoms with E-state index in [1.807, 2.05) is 38.1 Å². The Morgan fingerprint density at radius 3 is 1.18 bits per heavy atom. The Morgan fingerprint density at radius 2 is 0.842 bits per heavy atom. The van der Waals surface area contributed by atoms with Gasteiger partial charge in [-0.25, -0.2) is 26.3 Å². The molecule has 4 aromatic rings. The monoisotopic (exact) mass is 548 g/mol. The third-order valence-electron chi connectivity index (χ3n) is 6.48. The van der Waals surface area contributed by atoms with Crippen LogP contribution in [0.25, 0.3) is 0 Å². The molecule has 38 heavy (non-hydrogen) atoms. The average Bonchev–Trinajstić information content (AvgIpc) is 2.90. The van der Waals surface area contributed by atoms with Gasteiger partial charge in [-0.3, -0.25) is 0 Å². The Labute approximate surface area is 225 Å². The third kappa shape index (κ3) is 6.22. The Hall–Kier alpha value is -3.30. The zero-order valence-corrected chi connectivity index (χ0v) is 23.5. The maximum atomic E-state index is 13.8. The molecule has 0 saturated carbocycles. The van der Waals surface area contributed by atoms with Gasteiger partial charge in [-0.15, -0.1) is 0 Å². The normalized spacial score (nSPS) is 13.7. The van der Waals surface area contributed by atoms with E-state index in [2.05, 4.69) is 9.44 Å². The molecule has 198 valence electrons. The molecule has 0 fully saturated rings. The maximum Gasteiger partial charge on any atom is 0.241 e. The first kappa shape index (κ1) is 27.7. The highest BCUT2D eigenvalue weighted by molar-refractivity contribution is 7.90. The third-order valence-corrected chi connectivity index (χ3v) is 9.65. The molecule has 0 spiro atoms. The largest absolute Gasteiger partial charge is 0.241 e. The lowest BCUT2D eigenvalue weighted by Gasteiger charge is -2.30. The Morgan fingerprint density at radius 1 is 0.500 bits per heavy atom. The van der Waals surface area contributed by atoms with Crippen LogP contribution in [0.2, 0.25) is 0 Å². The SMILES string of the molecule is Cc1ccc(C)c(S(=O)(=O)N[C@H](c2ccccc2)[C@H](NS(=O)(=O)c2cc(C)ccc2C)c2ccccc2)c1. The van der Waals surface area contributed by atoms with Gasteiger partial charge in [0.1, 0.15) is 0 Å². The molecular weight excluding hydrogens is 516 g/mol. The summed E-state index contributed by atoms with van der Waals surface area (Å²) in [5, 5.41) is 0. The fourth-order valence-corrected chi connectivity index (χ4v) is 7.57. The lowest BCUT2D eigenvalue weighted by Crippen LogP contribution is -2.41. The number of aryl methyl sites for hydroxylation is 4. The van der Waals surface area contributed by atoms with Crippen LogP contribution in [0.4, 0.5) is 0 Å². The summed E-state index contributed by atoms with van der Waals surface area (Å²) in [6.45, 7) is 7.14. The molecule has 0 saturated heterocycles. The number of sulfonamides is 2. The van der Waals surface area contributed by atoms with Crippen LogP contribution in [0.15, 0.2) is 107 Å². The Balaban J connectivity index is 1.87. The number of nitrogens with one attached hydrogen (secondary N) is 2. The topological polar surface area (TPSA) is 92.3 Å². The quantitative estimate of drug-likeness (QED) is 0.282. The molecule has 0 aromatic heterocycles. The summed E-state index contributed by atoms with van der Waals surface area (Å²) in [6.07, 6.45) is 0. The molecule has 6 nitrogen and oxygen atoms in total. The van der Waals surface area contributed by atoms with Crippen LogP contribution >= 0.6 is 0 Å². The first-order chi connectivity index (χ1) is 18.0. The molecule has 0 heterocycles. The predicted octanol–water partition coefficient (Wildman–Crippen LogP) is 5.66. The fourth-order valence-electron chi connectivity index (χ4n) is 4.43. The van der Waals surface area contributed by atoms with Gasteiger partial charge < -0.3 is 0 Å². The Bertz CT molecular complexity index is 1510. The van der Waals surface area contributed by atoms with Crippen LogP contribution in [0.1, 0.15) is 45.5 Å². The van der Waals surface area contributed by atoms with Gasteiger partial charge in [0.05, 0.1) is 21.9 Å². The Kier molecular flexibility index (Phi) is 8.18. The van der Waals surface area contributed by atoms with Crippen molar-refractivity contribution in [1.29, 1.82) is 0 Å². The van der Waals surface area contributed by atoms with Crippen LogP contribution in [0.5, 0.6) is 0 Å². The lowest BCUT2D eigenvalue weighted by molar-refractivity contribution is 0.466. The van der Waals surface area contributed by atoms with Gasteiger partial charge >= 0.3 is 0 Å². The van der Waals surface area contributed by atoms with Crippen LogP contribution < -0.4 is 9.44 Å². The lowest BCUT2D eigenvalue weighted by atomic mass is 9.95. The predicted molar refractivity (Wildman–Crippen MR) is 151 cm³/mol. The number of hydrogen-bond acceptors (Lipinski definition) is 4. The van der Waals surface area contributed by atoms with E-state index in [0.29, 0.717) is 22.3 Å². The summed E-state index contributed by atoms with van der Waals surface area (Å²) in [7, 11) is -8.07. The zero-order valence-electron chi connectivity index (χ0n) is 21.8. The fraction of sp³-hybridized carbons (Fsp3) is 0.200. The van der Waals surface area contributed by atoms with Gasteiger partial charge in [0.15, 0.2) is 0 Å².